The first kappa shape index (κ1) is 20.5. The number of nitrogens with zero attached hydrogens (tertiary/aromatic N) is 3. The van der Waals surface area contributed by atoms with Gasteiger partial charge < -0.3 is 25.0 Å². The van der Waals surface area contributed by atoms with Crippen molar-refractivity contribution in [3.8, 4) is 11.6 Å². The first-order chi connectivity index (χ1) is 15.2. The number of rotatable bonds is 6. The van der Waals surface area contributed by atoms with Crippen LogP contribution in [-0.2, 0) is 11.3 Å². The van der Waals surface area contributed by atoms with Crippen molar-refractivity contribution in [3.63, 3.8) is 0 Å². The van der Waals surface area contributed by atoms with E-state index in [1.807, 2.05) is 12.1 Å². The van der Waals surface area contributed by atoms with Gasteiger partial charge in [0.1, 0.15) is 17.4 Å². The Morgan fingerprint density at radius 3 is 2.65 bits per heavy atom. The molecule has 0 unspecified atom stereocenters. The summed E-state index contributed by atoms with van der Waals surface area (Å²) >= 11 is 0. The van der Waals surface area contributed by atoms with Gasteiger partial charge in [-0.3, -0.25) is 0 Å². The van der Waals surface area contributed by atoms with Crippen LogP contribution in [0.15, 0.2) is 60.9 Å². The standard InChI is InChI=1S/C22H22FN5O3/c23-17-3-6-19(7-4-17)31-20-8-5-18(15-25-20)27-22(29)26-14-16-2-1-9-24-21(16)28-10-12-30-13-11-28/h1-9,15H,10-14H2,(H2,26,27,29). The van der Waals surface area contributed by atoms with Crippen molar-refractivity contribution in [1.82, 2.24) is 15.3 Å². The quantitative estimate of drug-likeness (QED) is 0.630. The molecule has 0 saturated carbocycles. The molecule has 1 fully saturated rings. The minimum absolute atomic E-state index is 0.336. The molecule has 0 atom stereocenters. The van der Waals surface area contributed by atoms with Crippen LogP contribution in [-0.4, -0.2) is 42.3 Å². The molecule has 0 radical (unpaired) electrons. The number of carbonyl (C=O) groups is 1. The largest absolute Gasteiger partial charge is 0.439 e. The molecule has 1 aromatic carbocycles. The number of aromatic nitrogens is 2. The zero-order chi connectivity index (χ0) is 21.5. The SMILES string of the molecule is O=C(NCc1cccnc1N1CCOCC1)Nc1ccc(Oc2ccc(F)cc2)nc1. The van der Waals surface area contributed by atoms with Gasteiger partial charge in [0.05, 0.1) is 25.1 Å². The molecule has 9 heteroatoms. The van der Waals surface area contributed by atoms with Crippen molar-refractivity contribution < 1.29 is 18.7 Å². The highest BCUT2D eigenvalue weighted by atomic mass is 19.1. The Bertz CT molecular complexity index is 1010. The van der Waals surface area contributed by atoms with E-state index in [0.717, 1.165) is 24.5 Å². The van der Waals surface area contributed by atoms with Crippen LogP contribution in [0.3, 0.4) is 0 Å². The van der Waals surface area contributed by atoms with Crippen LogP contribution in [0.4, 0.5) is 20.7 Å². The second-order valence-corrected chi connectivity index (χ2v) is 6.83. The van der Waals surface area contributed by atoms with Crippen LogP contribution in [0, 0.1) is 5.82 Å². The molecular formula is C22H22FN5O3. The zero-order valence-electron chi connectivity index (χ0n) is 16.8. The van der Waals surface area contributed by atoms with Gasteiger partial charge in [-0.1, -0.05) is 6.07 Å². The number of nitrogens with one attached hydrogen (secondary N) is 2. The molecule has 3 heterocycles. The van der Waals surface area contributed by atoms with Crippen LogP contribution in [0.1, 0.15) is 5.56 Å². The summed E-state index contributed by atoms with van der Waals surface area (Å²) in [4.78, 5) is 23.1. The predicted octanol–water partition coefficient (Wildman–Crippen LogP) is 3.57. The molecule has 3 aromatic rings. The lowest BCUT2D eigenvalue weighted by atomic mass is 10.2. The van der Waals surface area contributed by atoms with Crippen LogP contribution in [0.25, 0.3) is 0 Å². The summed E-state index contributed by atoms with van der Waals surface area (Å²) in [5.74, 6) is 1.33. The molecular weight excluding hydrogens is 401 g/mol. The second-order valence-electron chi connectivity index (χ2n) is 6.83. The fourth-order valence-corrected chi connectivity index (χ4v) is 3.12. The van der Waals surface area contributed by atoms with E-state index in [1.54, 1.807) is 18.3 Å². The van der Waals surface area contributed by atoms with E-state index in [9.17, 15) is 9.18 Å². The van der Waals surface area contributed by atoms with E-state index >= 15 is 0 Å². The van der Waals surface area contributed by atoms with E-state index in [-0.39, 0.29) is 11.8 Å². The molecule has 0 bridgehead atoms. The monoisotopic (exact) mass is 423 g/mol. The maximum atomic E-state index is 13.0. The molecule has 0 spiro atoms. The first-order valence-electron chi connectivity index (χ1n) is 9.88. The number of hydrogen-bond donors (Lipinski definition) is 2. The van der Waals surface area contributed by atoms with Crippen molar-refractivity contribution in [2.75, 3.05) is 36.5 Å². The van der Waals surface area contributed by atoms with Gasteiger partial charge >= 0.3 is 6.03 Å². The number of ether oxygens (including phenoxy) is 2. The molecule has 1 saturated heterocycles. The summed E-state index contributed by atoms with van der Waals surface area (Å²) in [6, 6.07) is 12.4. The van der Waals surface area contributed by atoms with Gasteiger partial charge in [0, 0.05) is 37.5 Å². The van der Waals surface area contributed by atoms with E-state index in [4.69, 9.17) is 9.47 Å². The van der Waals surface area contributed by atoms with Crippen molar-refractivity contribution >= 4 is 17.5 Å². The van der Waals surface area contributed by atoms with E-state index in [1.165, 1.54) is 30.5 Å². The van der Waals surface area contributed by atoms with Crippen LogP contribution in [0.5, 0.6) is 11.6 Å². The van der Waals surface area contributed by atoms with E-state index < -0.39 is 0 Å². The topological polar surface area (TPSA) is 88.6 Å². The molecule has 2 amide bonds. The lowest BCUT2D eigenvalue weighted by Gasteiger charge is -2.29. The zero-order valence-corrected chi connectivity index (χ0v) is 16.8. The molecule has 2 N–H and O–H groups in total. The van der Waals surface area contributed by atoms with Gasteiger partial charge in [0.15, 0.2) is 0 Å². The highest BCUT2D eigenvalue weighted by molar-refractivity contribution is 5.89. The number of halogens is 1. The molecule has 160 valence electrons. The third kappa shape index (κ3) is 5.67. The molecule has 2 aromatic heterocycles. The Hall–Kier alpha value is -3.72. The highest BCUT2D eigenvalue weighted by Crippen LogP contribution is 2.21. The summed E-state index contributed by atoms with van der Waals surface area (Å²) < 4.78 is 23.9. The summed E-state index contributed by atoms with van der Waals surface area (Å²) in [6.07, 6.45) is 3.23. The van der Waals surface area contributed by atoms with Crippen molar-refractivity contribution in [2.24, 2.45) is 0 Å². The lowest BCUT2D eigenvalue weighted by molar-refractivity contribution is 0.122. The molecule has 4 rings (SSSR count). The third-order valence-corrected chi connectivity index (χ3v) is 4.65. The normalized spacial score (nSPS) is 13.5. The second kappa shape index (κ2) is 9.86. The van der Waals surface area contributed by atoms with Gasteiger partial charge in [0.2, 0.25) is 5.88 Å². The summed E-state index contributed by atoms with van der Waals surface area (Å²) in [7, 11) is 0. The smallest absolute Gasteiger partial charge is 0.319 e. The number of pyridine rings is 2. The van der Waals surface area contributed by atoms with Gasteiger partial charge in [-0.2, -0.15) is 0 Å². The Labute approximate surface area is 179 Å². The number of benzene rings is 1. The van der Waals surface area contributed by atoms with Gasteiger partial charge in [-0.15, -0.1) is 0 Å². The van der Waals surface area contributed by atoms with Crippen LogP contribution < -0.4 is 20.3 Å². The van der Waals surface area contributed by atoms with Crippen molar-refractivity contribution in [1.29, 1.82) is 0 Å². The van der Waals surface area contributed by atoms with Crippen molar-refractivity contribution in [2.45, 2.75) is 6.54 Å². The highest BCUT2D eigenvalue weighted by Gasteiger charge is 2.16. The Kier molecular flexibility index (Phi) is 6.53. The number of carbonyl (C=O) groups excluding carboxylic acids is 1. The van der Waals surface area contributed by atoms with Crippen molar-refractivity contribution in [3.05, 3.63) is 72.3 Å². The maximum Gasteiger partial charge on any atom is 0.319 e. The van der Waals surface area contributed by atoms with E-state index in [2.05, 4.69) is 25.5 Å². The molecule has 1 aliphatic heterocycles. The molecule has 0 aliphatic carbocycles. The number of anilines is 2. The fourth-order valence-electron chi connectivity index (χ4n) is 3.12. The molecule has 31 heavy (non-hydrogen) atoms. The Morgan fingerprint density at radius 2 is 1.90 bits per heavy atom. The minimum Gasteiger partial charge on any atom is -0.439 e. The number of urea groups is 1. The summed E-state index contributed by atoms with van der Waals surface area (Å²) in [6.45, 7) is 3.21. The predicted molar refractivity (Wildman–Crippen MR) is 114 cm³/mol. The summed E-state index contributed by atoms with van der Waals surface area (Å²) in [5, 5.41) is 5.58. The average Bonchev–Trinajstić information content (AvgIpc) is 2.81. The minimum atomic E-state index is -0.356. The van der Waals surface area contributed by atoms with Gasteiger partial charge in [-0.05, 0) is 36.4 Å². The molecule has 1 aliphatic rings. The summed E-state index contributed by atoms with van der Waals surface area (Å²) in [5.41, 5.74) is 1.45. The van der Waals surface area contributed by atoms with Crippen LogP contribution >= 0.6 is 0 Å². The fraction of sp³-hybridized carbons (Fsp3) is 0.227. The number of morpholine rings is 1. The van der Waals surface area contributed by atoms with E-state index in [0.29, 0.717) is 37.1 Å². The Morgan fingerprint density at radius 1 is 1.10 bits per heavy atom. The third-order valence-electron chi connectivity index (χ3n) is 4.65. The Balaban J connectivity index is 1.30. The number of amides is 2. The average molecular weight is 423 g/mol. The van der Waals surface area contributed by atoms with Gasteiger partial charge in [0.25, 0.3) is 0 Å². The van der Waals surface area contributed by atoms with Crippen LogP contribution in [0.2, 0.25) is 0 Å². The maximum absolute atomic E-state index is 13.0. The lowest BCUT2D eigenvalue weighted by Crippen LogP contribution is -2.38. The molecule has 8 nitrogen and oxygen atoms in total. The number of hydrogen-bond acceptors (Lipinski definition) is 6. The van der Waals surface area contributed by atoms with Gasteiger partial charge in [-0.25, -0.2) is 19.2 Å². The first-order valence-corrected chi connectivity index (χ1v) is 9.88.